The van der Waals surface area contributed by atoms with Crippen molar-refractivity contribution < 1.29 is 0 Å². The SMILES string of the molecule is CCNCc1nc(CN2CC3CCCN3CC2C)cs1. The van der Waals surface area contributed by atoms with Gasteiger partial charge in [0.25, 0.3) is 0 Å². The van der Waals surface area contributed by atoms with Crippen molar-refractivity contribution in [3.63, 3.8) is 0 Å². The summed E-state index contributed by atoms with van der Waals surface area (Å²) in [6, 6.07) is 1.45. The van der Waals surface area contributed by atoms with Crippen LogP contribution in [0.2, 0.25) is 0 Å². The quantitative estimate of drug-likeness (QED) is 0.899. The van der Waals surface area contributed by atoms with E-state index in [-0.39, 0.29) is 0 Å². The minimum atomic E-state index is 0.656. The zero-order chi connectivity index (χ0) is 13.9. The van der Waals surface area contributed by atoms with Gasteiger partial charge in [0.1, 0.15) is 5.01 Å². The monoisotopic (exact) mass is 294 g/mol. The lowest BCUT2D eigenvalue weighted by Gasteiger charge is -2.42. The van der Waals surface area contributed by atoms with Crippen LogP contribution in [-0.4, -0.2) is 53.0 Å². The minimum absolute atomic E-state index is 0.656. The first-order chi connectivity index (χ1) is 9.76. The lowest BCUT2D eigenvalue weighted by molar-refractivity contribution is 0.0533. The van der Waals surface area contributed by atoms with Crippen LogP contribution in [0, 0.1) is 0 Å². The Morgan fingerprint density at radius 2 is 2.35 bits per heavy atom. The molecule has 2 fully saturated rings. The summed E-state index contributed by atoms with van der Waals surface area (Å²) in [4.78, 5) is 10.1. The molecule has 0 aliphatic carbocycles. The van der Waals surface area contributed by atoms with Gasteiger partial charge in [0.15, 0.2) is 0 Å². The van der Waals surface area contributed by atoms with Crippen LogP contribution in [0.1, 0.15) is 37.4 Å². The fraction of sp³-hybridized carbons (Fsp3) is 0.800. The molecule has 5 heteroatoms. The Morgan fingerprint density at radius 1 is 1.45 bits per heavy atom. The van der Waals surface area contributed by atoms with E-state index in [1.54, 1.807) is 11.3 Å². The largest absolute Gasteiger partial charge is 0.311 e. The lowest BCUT2D eigenvalue weighted by Crippen LogP contribution is -2.54. The first-order valence-corrected chi connectivity index (χ1v) is 8.76. The van der Waals surface area contributed by atoms with Gasteiger partial charge in [-0.1, -0.05) is 6.92 Å². The molecular weight excluding hydrogens is 268 g/mol. The maximum absolute atomic E-state index is 4.76. The molecule has 2 saturated heterocycles. The number of nitrogens with one attached hydrogen (secondary N) is 1. The Kier molecular flexibility index (Phi) is 4.71. The zero-order valence-corrected chi connectivity index (χ0v) is 13.5. The molecule has 1 N–H and O–H groups in total. The molecule has 4 nitrogen and oxygen atoms in total. The number of hydrogen-bond acceptors (Lipinski definition) is 5. The van der Waals surface area contributed by atoms with Crippen LogP contribution >= 0.6 is 11.3 Å². The Hall–Kier alpha value is -0.490. The average molecular weight is 294 g/mol. The maximum Gasteiger partial charge on any atom is 0.107 e. The molecule has 0 saturated carbocycles. The van der Waals surface area contributed by atoms with E-state index in [1.165, 1.54) is 43.2 Å². The molecule has 2 aliphatic heterocycles. The second-order valence-corrected chi connectivity index (χ2v) is 7.03. The minimum Gasteiger partial charge on any atom is -0.311 e. The molecule has 0 bridgehead atoms. The summed E-state index contributed by atoms with van der Waals surface area (Å²) in [6.45, 7) is 11.2. The second kappa shape index (κ2) is 6.52. The van der Waals surface area contributed by atoms with E-state index >= 15 is 0 Å². The Bertz CT molecular complexity index is 433. The third-order valence-electron chi connectivity index (χ3n) is 4.56. The number of fused-ring (bicyclic) bond motifs is 1. The molecule has 2 unspecified atom stereocenters. The molecule has 0 amide bonds. The summed E-state index contributed by atoms with van der Waals surface area (Å²) in [5.41, 5.74) is 1.25. The molecule has 2 atom stereocenters. The van der Waals surface area contributed by atoms with E-state index in [9.17, 15) is 0 Å². The van der Waals surface area contributed by atoms with Crippen LogP contribution < -0.4 is 5.32 Å². The Balaban J connectivity index is 1.57. The van der Waals surface area contributed by atoms with Gasteiger partial charge < -0.3 is 5.32 Å². The van der Waals surface area contributed by atoms with Gasteiger partial charge in [-0.25, -0.2) is 4.98 Å². The van der Waals surface area contributed by atoms with Gasteiger partial charge in [-0.05, 0) is 32.9 Å². The third-order valence-corrected chi connectivity index (χ3v) is 5.45. The van der Waals surface area contributed by atoms with Gasteiger partial charge in [-0.15, -0.1) is 11.3 Å². The van der Waals surface area contributed by atoms with E-state index in [0.717, 1.165) is 25.7 Å². The van der Waals surface area contributed by atoms with E-state index in [4.69, 9.17) is 4.98 Å². The van der Waals surface area contributed by atoms with E-state index in [1.807, 2.05) is 0 Å². The van der Waals surface area contributed by atoms with Crippen LogP contribution in [0.4, 0.5) is 0 Å². The normalized spacial score (nSPS) is 27.9. The highest BCUT2D eigenvalue weighted by atomic mass is 32.1. The standard InChI is InChI=1S/C15H26N4S/c1-3-16-7-15-17-13(11-20-15)9-19-10-14-5-4-6-18(14)8-12(19)2/h11-12,14,16H,3-10H2,1-2H3. The van der Waals surface area contributed by atoms with Gasteiger partial charge in [-0.3, -0.25) is 9.80 Å². The fourth-order valence-electron chi connectivity index (χ4n) is 3.41. The highest BCUT2D eigenvalue weighted by molar-refractivity contribution is 7.09. The van der Waals surface area contributed by atoms with Crippen molar-refractivity contribution in [2.45, 2.75) is 51.9 Å². The summed E-state index contributed by atoms with van der Waals surface area (Å²) in [5, 5.41) is 6.80. The molecule has 1 aromatic heterocycles. The molecule has 20 heavy (non-hydrogen) atoms. The summed E-state index contributed by atoms with van der Waals surface area (Å²) >= 11 is 1.79. The summed E-state index contributed by atoms with van der Waals surface area (Å²) in [5.74, 6) is 0. The molecule has 0 aromatic carbocycles. The molecular formula is C15H26N4S. The molecule has 2 aliphatic rings. The summed E-state index contributed by atoms with van der Waals surface area (Å²) in [6.07, 6.45) is 2.76. The van der Waals surface area contributed by atoms with Crippen molar-refractivity contribution in [1.82, 2.24) is 20.1 Å². The van der Waals surface area contributed by atoms with Crippen LogP contribution in [0.25, 0.3) is 0 Å². The number of thiazole rings is 1. The van der Waals surface area contributed by atoms with Crippen molar-refractivity contribution in [3.8, 4) is 0 Å². The summed E-state index contributed by atoms with van der Waals surface area (Å²) < 4.78 is 0. The molecule has 3 heterocycles. The van der Waals surface area contributed by atoms with Crippen molar-refractivity contribution in [2.75, 3.05) is 26.2 Å². The van der Waals surface area contributed by atoms with Gasteiger partial charge in [0.05, 0.1) is 5.69 Å². The van der Waals surface area contributed by atoms with Crippen LogP contribution in [0.15, 0.2) is 5.38 Å². The average Bonchev–Trinajstić information content (AvgIpc) is 3.06. The molecule has 3 rings (SSSR count). The van der Waals surface area contributed by atoms with Crippen LogP contribution in [0.5, 0.6) is 0 Å². The predicted molar refractivity (Wildman–Crippen MR) is 84.0 cm³/mol. The van der Waals surface area contributed by atoms with E-state index in [2.05, 4.69) is 34.3 Å². The van der Waals surface area contributed by atoms with Gasteiger partial charge in [0.2, 0.25) is 0 Å². The van der Waals surface area contributed by atoms with Gasteiger partial charge in [-0.2, -0.15) is 0 Å². The first kappa shape index (κ1) is 14.4. The Labute approximate surface area is 126 Å². The highest BCUT2D eigenvalue weighted by Crippen LogP contribution is 2.25. The van der Waals surface area contributed by atoms with Gasteiger partial charge in [0, 0.05) is 43.6 Å². The predicted octanol–water partition coefficient (Wildman–Crippen LogP) is 1.92. The van der Waals surface area contributed by atoms with Gasteiger partial charge >= 0.3 is 0 Å². The lowest BCUT2D eigenvalue weighted by atomic mass is 10.1. The summed E-state index contributed by atoms with van der Waals surface area (Å²) in [7, 11) is 0. The number of piperazine rings is 1. The smallest absolute Gasteiger partial charge is 0.107 e. The van der Waals surface area contributed by atoms with Crippen molar-refractivity contribution in [3.05, 3.63) is 16.1 Å². The molecule has 1 aromatic rings. The zero-order valence-electron chi connectivity index (χ0n) is 12.6. The number of aromatic nitrogens is 1. The fourth-order valence-corrected chi connectivity index (χ4v) is 4.17. The second-order valence-electron chi connectivity index (χ2n) is 6.08. The van der Waals surface area contributed by atoms with Crippen molar-refractivity contribution in [1.29, 1.82) is 0 Å². The van der Waals surface area contributed by atoms with Crippen LogP contribution in [0.3, 0.4) is 0 Å². The van der Waals surface area contributed by atoms with Crippen molar-refractivity contribution in [2.24, 2.45) is 0 Å². The highest BCUT2D eigenvalue weighted by Gasteiger charge is 2.34. The number of rotatable bonds is 5. The number of nitrogens with zero attached hydrogens (tertiary/aromatic N) is 3. The first-order valence-electron chi connectivity index (χ1n) is 7.88. The van der Waals surface area contributed by atoms with Crippen molar-refractivity contribution >= 4 is 11.3 Å². The number of hydrogen-bond donors (Lipinski definition) is 1. The van der Waals surface area contributed by atoms with Crippen LogP contribution in [-0.2, 0) is 13.1 Å². The maximum atomic E-state index is 4.76. The third kappa shape index (κ3) is 3.22. The molecule has 0 radical (unpaired) electrons. The van der Waals surface area contributed by atoms with E-state index < -0.39 is 0 Å². The Morgan fingerprint density at radius 3 is 3.20 bits per heavy atom. The van der Waals surface area contributed by atoms with E-state index in [0.29, 0.717) is 6.04 Å². The molecule has 0 spiro atoms. The topological polar surface area (TPSA) is 31.4 Å². The molecule has 112 valence electrons.